The molecule has 0 aliphatic rings. The molecule has 0 bridgehead atoms. The van der Waals surface area contributed by atoms with E-state index in [2.05, 4.69) is 11.8 Å². The van der Waals surface area contributed by atoms with E-state index in [4.69, 9.17) is 21.1 Å². The number of halogens is 5. The van der Waals surface area contributed by atoms with E-state index in [1.165, 1.54) is 0 Å². The summed E-state index contributed by atoms with van der Waals surface area (Å²) in [6.07, 6.45) is -4.94. The molecule has 172 valence electrons. The van der Waals surface area contributed by atoms with Crippen molar-refractivity contribution in [1.82, 2.24) is 9.13 Å². The predicted octanol–water partition coefficient (Wildman–Crippen LogP) is 3.81. The Labute approximate surface area is 189 Å². The van der Waals surface area contributed by atoms with Gasteiger partial charge in [0.05, 0.1) is 10.7 Å². The third kappa shape index (κ3) is 5.56. The van der Waals surface area contributed by atoms with Gasteiger partial charge in [-0.1, -0.05) is 41.6 Å². The van der Waals surface area contributed by atoms with Crippen molar-refractivity contribution in [2.45, 2.75) is 6.18 Å². The van der Waals surface area contributed by atoms with Gasteiger partial charge in [-0.3, -0.25) is 9.36 Å². The number of benzene rings is 2. The molecule has 0 saturated heterocycles. The molecule has 0 aliphatic carbocycles. The van der Waals surface area contributed by atoms with Crippen LogP contribution in [0, 0.1) is 17.7 Å². The smallest absolute Gasteiger partial charge is 0.431 e. The molecular formula is C22H15ClF4N2O4. The van der Waals surface area contributed by atoms with Crippen molar-refractivity contribution in [3.05, 3.63) is 85.9 Å². The number of rotatable bonds is 5. The summed E-state index contributed by atoms with van der Waals surface area (Å²) < 4.78 is 64.8. The zero-order valence-electron chi connectivity index (χ0n) is 17.0. The topological polar surface area (TPSA) is 62.5 Å². The number of alkyl halides is 3. The Morgan fingerprint density at radius 2 is 1.64 bits per heavy atom. The molecule has 6 nitrogen and oxygen atoms in total. The molecule has 3 rings (SSSR count). The van der Waals surface area contributed by atoms with Crippen LogP contribution in [-0.2, 0) is 13.2 Å². The molecule has 0 aliphatic heterocycles. The van der Waals surface area contributed by atoms with Crippen LogP contribution in [0.3, 0.4) is 0 Å². The highest BCUT2D eigenvalue weighted by atomic mass is 35.5. The maximum Gasteiger partial charge on any atom is 0.431 e. The summed E-state index contributed by atoms with van der Waals surface area (Å²) in [7, 11) is 0.819. The fraction of sp³-hybridized carbons (Fsp3) is 0.182. The van der Waals surface area contributed by atoms with Gasteiger partial charge in [0.1, 0.15) is 36.2 Å². The second-order valence-corrected chi connectivity index (χ2v) is 6.93. The van der Waals surface area contributed by atoms with Gasteiger partial charge in [0.25, 0.3) is 5.56 Å². The number of para-hydroxylation sites is 1. The first-order chi connectivity index (χ1) is 15.6. The van der Waals surface area contributed by atoms with Crippen LogP contribution in [0.15, 0.2) is 58.1 Å². The van der Waals surface area contributed by atoms with Gasteiger partial charge in [-0.25, -0.2) is 13.8 Å². The highest BCUT2D eigenvalue weighted by molar-refractivity contribution is 6.32. The van der Waals surface area contributed by atoms with Crippen LogP contribution in [0.25, 0.3) is 5.69 Å². The highest BCUT2D eigenvalue weighted by Crippen LogP contribution is 2.30. The van der Waals surface area contributed by atoms with Crippen LogP contribution in [0.5, 0.6) is 11.5 Å². The maximum atomic E-state index is 14.5. The third-order valence-electron chi connectivity index (χ3n) is 4.33. The van der Waals surface area contributed by atoms with E-state index in [9.17, 15) is 27.2 Å². The molecule has 11 heteroatoms. The van der Waals surface area contributed by atoms with Gasteiger partial charge in [0.2, 0.25) is 0 Å². The lowest BCUT2D eigenvalue weighted by Crippen LogP contribution is -2.41. The first-order valence-electron chi connectivity index (χ1n) is 9.25. The Morgan fingerprint density at radius 1 is 1.00 bits per heavy atom. The second-order valence-electron chi connectivity index (χ2n) is 6.52. The number of hydrogen-bond donors (Lipinski definition) is 0. The molecule has 0 amide bonds. The third-order valence-corrected chi connectivity index (χ3v) is 4.63. The molecule has 33 heavy (non-hydrogen) atoms. The minimum absolute atomic E-state index is 0.0762. The van der Waals surface area contributed by atoms with Crippen LogP contribution >= 0.6 is 11.6 Å². The van der Waals surface area contributed by atoms with Crippen LogP contribution < -0.4 is 20.7 Å². The van der Waals surface area contributed by atoms with E-state index < -0.39 is 34.6 Å². The van der Waals surface area contributed by atoms with Crippen molar-refractivity contribution < 1.29 is 27.0 Å². The largest absolute Gasteiger partial charge is 0.481 e. The van der Waals surface area contributed by atoms with E-state index in [-0.39, 0.29) is 39.2 Å². The number of nitrogens with zero attached hydrogens (tertiary/aromatic N) is 2. The fourth-order valence-corrected chi connectivity index (χ4v) is 2.98. The lowest BCUT2D eigenvalue weighted by molar-refractivity contribution is -0.144. The standard InChI is InChI=1S/C22H15ClF4N2O4/c1-28-19(22(25,26)27)13-20(30)29(21(28)31)17-12-18(15(23)11-16(17)24)33-10-6-5-9-32-14-7-3-2-4-8-14/h2-4,7-8,11-13H,9-10H2,1H3. The van der Waals surface area contributed by atoms with E-state index in [0.717, 1.165) is 19.2 Å². The average Bonchev–Trinajstić information content (AvgIpc) is 2.75. The van der Waals surface area contributed by atoms with Crippen molar-refractivity contribution in [2.75, 3.05) is 13.2 Å². The Morgan fingerprint density at radius 3 is 2.27 bits per heavy atom. The Kier molecular flexibility index (Phi) is 7.13. The highest BCUT2D eigenvalue weighted by Gasteiger charge is 2.35. The fourth-order valence-electron chi connectivity index (χ4n) is 2.77. The molecule has 1 heterocycles. The normalized spacial score (nSPS) is 11.0. The average molecular weight is 483 g/mol. The molecular weight excluding hydrogens is 468 g/mol. The van der Waals surface area contributed by atoms with Gasteiger partial charge in [0, 0.05) is 19.2 Å². The summed E-state index contributed by atoms with van der Waals surface area (Å²) in [6.45, 7) is -0.115. The monoisotopic (exact) mass is 482 g/mol. The summed E-state index contributed by atoms with van der Waals surface area (Å²) >= 11 is 5.95. The first kappa shape index (κ1) is 23.9. The molecule has 0 atom stereocenters. The molecule has 0 radical (unpaired) electrons. The van der Waals surface area contributed by atoms with Crippen molar-refractivity contribution in [2.24, 2.45) is 7.05 Å². The van der Waals surface area contributed by atoms with Gasteiger partial charge in [-0.15, -0.1) is 0 Å². The zero-order valence-corrected chi connectivity index (χ0v) is 17.7. The predicted molar refractivity (Wildman–Crippen MR) is 112 cm³/mol. The molecule has 0 fully saturated rings. The number of aromatic nitrogens is 2. The minimum Gasteiger partial charge on any atom is -0.481 e. The molecule has 1 aromatic heterocycles. The van der Waals surface area contributed by atoms with E-state index in [1.54, 1.807) is 24.3 Å². The summed E-state index contributed by atoms with van der Waals surface area (Å²) in [5.41, 5.74) is -4.84. The Hall–Kier alpha value is -3.71. The van der Waals surface area contributed by atoms with Gasteiger partial charge in [0.15, 0.2) is 0 Å². The molecule has 3 aromatic rings. The second kappa shape index (κ2) is 9.83. The zero-order chi connectivity index (χ0) is 24.2. The molecule has 2 aromatic carbocycles. The van der Waals surface area contributed by atoms with Crippen molar-refractivity contribution >= 4 is 11.6 Å². The van der Waals surface area contributed by atoms with Crippen molar-refractivity contribution in [3.63, 3.8) is 0 Å². The molecule has 0 unspecified atom stereocenters. The van der Waals surface area contributed by atoms with Crippen LogP contribution in [0.2, 0.25) is 5.02 Å². The molecule has 0 N–H and O–H groups in total. The van der Waals surface area contributed by atoms with E-state index >= 15 is 0 Å². The van der Waals surface area contributed by atoms with Gasteiger partial charge < -0.3 is 9.47 Å². The van der Waals surface area contributed by atoms with Crippen molar-refractivity contribution in [3.8, 4) is 29.0 Å². The first-order valence-corrected chi connectivity index (χ1v) is 9.63. The summed E-state index contributed by atoms with van der Waals surface area (Å²) in [5, 5.41) is -0.185. The van der Waals surface area contributed by atoms with Crippen LogP contribution in [-0.4, -0.2) is 22.3 Å². The van der Waals surface area contributed by atoms with Crippen LogP contribution in [0.1, 0.15) is 5.69 Å². The van der Waals surface area contributed by atoms with E-state index in [0.29, 0.717) is 5.75 Å². The van der Waals surface area contributed by atoms with Crippen molar-refractivity contribution in [1.29, 1.82) is 0 Å². The lowest BCUT2D eigenvalue weighted by Gasteiger charge is -2.15. The van der Waals surface area contributed by atoms with Crippen LogP contribution in [0.4, 0.5) is 17.6 Å². The van der Waals surface area contributed by atoms with Gasteiger partial charge in [-0.05, 0) is 18.2 Å². The Bertz CT molecular complexity index is 1340. The SMILES string of the molecule is Cn1c(C(F)(F)F)cc(=O)n(-c2cc(OCC#CCOc3ccccc3)c(Cl)cc2F)c1=O. The van der Waals surface area contributed by atoms with Gasteiger partial charge >= 0.3 is 11.9 Å². The maximum absolute atomic E-state index is 14.5. The molecule has 0 spiro atoms. The summed E-state index contributed by atoms with van der Waals surface area (Å²) in [4.78, 5) is 24.6. The number of ether oxygens (including phenoxy) is 2. The number of hydrogen-bond acceptors (Lipinski definition) is 4. The quantitative estimate of drug-likeness (QED) is 0.410. The summed E-state index contributed by atoms with van der Waals surface area (Å²) in [6, 6.07) is 10.9. The molecule has 0 saturated carbocycles. The van der Waals surface area contributed by atoms with Gasteiger partial charge in [-0.2, -0.15) is 13.2 Å². The Balaban J connectivity index is 1.83. The summed E-state index contributed by atoms with van der Waals surface area (Å²) in [5.74, 6) is 4.75. The lowest BCUT2D eigenvalue weighted by atomic mass is 10.2. The van der Waals surface area contributed by atoms with E-state index in [1.807, 2.05) is 6.07 Å². The minimum atomic E-state index is -4.94.